The van der Waals surface area contributed by atoms with Crippen molar-refractivity contribution in [1.29, 1.82) is 0 Å². The molecule has 0 amide bonds. The molecule has 4 nitrogen and oxygen atoms in total. The van der Waals surface area contributed by atoms with Gasteiger partial charge in [-0.1, -0.05) is 12.1 Å². The van der Waals surface area contributed by atoms with Gasteiger partial charge in [0, 0.05) is 6.54 Å². The van der Waals surface area contributed by atoms with E-state index in [9.17, 15) is 13.2 Å². The van der Waals surface area contributed by atoms with Crippen LogP contribution in [-0.4, -0.2) is 17.1 Å². The topological polar surface area (TPSA) is 47.0 Å². The zero-order valence-corrected chi connectivity index (χ0v) is 10.6. The first kappa shape index (κ1) is 14.1. The molecule has 0 atom stereocenters. The highest BCUT2D eigenvalue weighted by atomic mass is 19.4. The maximum atomic E-state index is 12.6. The number of alkyl halides is 3. The monoisotopic (exact) mass is 283 g/mol. The van der Waals surface area contributed by atoms with Crippen LogP contribution in [0.1, 0.15) is 11.1 Å². The van der Waals surface area contributed by atoms with E-state index in [1.807, 2.05) is 0 Å². The Balaban J connectivity index is 2.03. The Morgan fingerprint density at radius 2 is 1.90 bits per heavy atom. The molecule has 1 aromatic carbocycles. The lowest BCUT2D eigenvalue weighted by atomic mass is 10.1. The van der Waals surface area contributed by atoms with Gasteiger partial charge in [0.05, 0.1) is 25.1 Å². The third-order valence-corrected chi connectivity index (χ3v) is 2.57. The predicted molar refractivity (Wildman–Crippen MR) is 67.4 cm³/mol. The summed E-state index contributed by atoms with van der Waals surface area (Å²) in [5.74, 6) is 0.831. The standard InChI is InChI=1S/C13H12F3N3O/c1-20-11-7-18-12(19-8-11)17-6-9-3-2-4-10(5-9)13(14,15)16/h2-5,7-8H,6H2,1H3,(H,17,18,19). The molecule has 0 spiro atoms. The SMILES string of the molecule is COc1cnc(NCc2cccc(C(F)(F)F)c2)nc1. The van der Waals surface area contributed by atoms with Crippen LogP contribution in [-0.2, 0) is 12.7 Å². The van der Waals surface area contributed by atoms with E-state index in [1.165, 1.54) is 25.6 Å². The number of benzene rings is 1. The highest BCUT2D eigenvalue weighted by Gasteiger charge is 2.30. The van der Waals surface area contributed by atoms with Crippen molar-refractivity contribution in [1.82, 2.24) is 9.97 Å². The van der Waals surface area contributed by atoms with Gasteiger partial charge in [0.2, 0.25) is 5.95 Å². The number of ether oxygens (including phenoxy) is 1. The van der Waals surface area contributed by atoms with Gasteiger partial charge in [0.15, 0.2) is 5.75 Å². The summed E-state index contributed by atoms with van der Waals surface area (Å²) >= 11 is 0. The van der Waals surface area contributed by atoms with Gasteiger partial charge in [0.1, 0.15) is 0 Å². The molecule has 1 N–H and O–H groups in total. The molecule has 1 aromatic heterocycles. The fourth-order valence-corrected chi connectivity index (χ4v) is 1.55. The first-order valence-electron chi connectivity index (χ1n) is 5.75. The molecule has 20 heavy (non-hydrogen) atoms. The normalized spacial score (nSPS) is 11.2. The van der Waals surface area contributed by atoms with Crippen LogP contribution in [0.5, 0.6) is 5.75 Å². The number of nitrogens with zero attached hydrogens (tertiary/aromatic N) is 2. The molecule has 0 unspecified atom stereocenters. The lowest BCUT2D eigenvalue weighted by molar-refractivity contribution is -0.137. The molecule has 2 rings (SSSR count). The number of nitrogens with one attached hydrogen (secondary N) is 1. The van der Waals surface area contributed by atoms with E-state index in [0.29, 0.717) is 17.3 Å². The zero-order valence-electron chi connectivity index (χ0n) is 10.6. The van der Waals surface area contributed by atoms with E-state index in [2.05, 4.69) is 15.3 Å². The summed E-state index contributed by atoms with van der Waals surface area (Å²) in [6, 6.07) is 5.10. The summed E-state index contributed by atoms with van der Waals surface area (Å²) in [6.07, 6.45) is -1.39. The number of halogens is 3. The highest BCUT2D eigenvalue weighted by molar-refractivity contribution is 5.31. The summed E-state index contributed by atoms with van der Waals surface area (Å²) in [6.45, 7) is 0.205. The average molecular weight is 283 g/mol. The molecule has 106 valence electrons. The number of hydrogen-bond donors (Lipinski definition) is 1. The van der Waals surface area contributed by atoms with E-state index in [4.69, 9.17) is 4.74 Å². The maximum absolute atomic E-state index is 12.6. The molecule has 0 radical (unpaired) electrons. The average Bonchev–Trinajstić information content (AvgIpc) is 2.45. The van der Waals surface area contributed by atoms with Gasteiger partial charge in [-0.15, -0.1) is 0 Å². The minimum absolute atomic E-state index is 0.205. The number of anilines is 1. The van der Waals surface area contributed by atoms with Crippen molar-refractivity contribution in [3.63, 3.8) is 0 Å². The molecular weight excluding hydrogens is 271 g/mol. The summed E-state index contributed by atoms with van der Waals surface area (Å²) in [7, 11) is 1.49. The van der Waals surface area contributed by atoms with Crippen LogP contribution < -0.4 is 10.1 Å². The lowest BCUT2D eigenvalue weighted by Crippen LogP contribution is -2.07. The Morgan fingerprint density at radius 3 is 2.50 bits per heavy atom. The molecule has 0 fully saturated rings. The fourth-order valence-electron chi connectivity index (χ4n) is 1.55. The molecule has 0 aliphatic carbocycles. The third-order valence-electron chi connectivity index (χ3n) is 2.57. The van der Waals surface area contributed by atoms with Crippen LogP contribution in [0.4, 0.5) is 19.1 Å². The summed E-state index contributed by atoms with van der Waals surface area (Å²) < 4.78 is 42.6. The first-order chi connectivity index (χ1) is 9.49. The van der Waals surface area contributed by atoms with Gasteiger partial charge in [-0.2, -0.15) is 13.2 Å². The molecule has 0 saturated heterocycles. The molecule has 0 bridgehead atoms. The Hall–Kier alpha value is -2.31. The summed E-state index contributed by atoms with van der Waals surface area (Å²) in [5, 5.41) is 2.85. The second-order valence-electron chi connectivity index (χ2n) is 4.00. The number of methoxy groups -OCH3 is 1. The van der Waals surface area contributed by atoms with Crippen LogP contribution in [0, 0.1) is 0 Å². The largest absolute Gasteiger partial charge is 0.494 e. The Kier molecular flexibility index (Phi) is 4.07. The molecule has 0 saturated carbocycles. The van der Waals surface area contributed by atoms with E-state index in [-0.39, 0.29) is 6.54 Å². The minimum atomic E-state index is -4.34. The molecular formula is C13H12F3N3O. The molecule has 0 aliphatic rings. The number of rotatable bonds is 4. The van der Waals surface area contributed by atoms with Crippen molar-refractivity contribution in [3.8, 4) is 5.75 Å². The van der Waals surface area contributed by atoms with Crippen molar-refractivity contribution in [2.75, 3.05) is 12.4 Å². The minimum Gasteiger partial charge on any atom is -0.494 e. The van der Waals surface area contributed by atoms with Crippen LogP contribution in [0.3, 0.4) is 0 Å². The summed E-state index contributed by atoms with van der Waals surface area (Å²) in [5.41, 5.74) is -0.174. The number of hydrogen-bond acceptors (Lipinski definition) is 4. The molecule has 7 heteroatoms. The van der Waals surface area contributed by atoms with Gasteiger partial charge in [-0.25, -0.2) is 9.97 Å². The quantitative estimate of drug-likeness (QED) is 0.936. The third kappa shape index (κ3) is 3.59. The smallest absolute Gasteiger partial charge is 0.416 e. The van der Waals surface area contributed by atoms with Crippen LogP contribution in [0.25, 0.3) is 0 Å². The van der Waals surface area contributed by atoms with Crippen molar-refractivity contribution in [2.45, 2.75) is 12.7 Å². The fraction of sp³-hybridized carbons (Fsp3) is 0.231. The van der Waals surface area contributed by atoms with E-state index >= 15 is 0 Å². The van der Waals surface area contributed by atoms with Gasteiger partial charge < -0.3 is 10.1 Å². The van der Waals surface area contributed by atoms with Crippen LogP contribution in [0.15, 0.2) is 36.7 Å². The van der Waals surface area contributed by atoms with E-state index in [1.54, 1.807) is 6.07 Å². The van der Waals surface area contributed by atoms with Gasteiger partial charge >= 0.3 is 6.18 Å². The zero-order chi connectivity index (χ0) is 14.6. The van der Waals surface area contributed by atoms with Gasteiger partial charge in [-0.3, -0.25) is 0 Å². The van der Waals surface area contributed by atoms with Crippen molar-refractivity contribution in [3.05, 3.63) is 47.8 Å². The Bertz CT molecular complexity index is 570. The molecule has 1 heterocycles. The highest BCUT2D eigenvalue weighted by Crippen LogP contribution is 2.29. The van der Waals surface area contributed by atoms with E-state index < -0.39 is 11.7 Å². The Labute approximate surface area is 113 Å². The van der Waals surface area contributed by atoms with Crippen molar-refractivity contribution >= 4 is 5.95 Å². The number of aromatic nitrogens is 2. The second kappa shape index (κ2) is 5.77. The predicted octanol–water partition coefficient (Wildman–Crippen LogP) is 3.12. The lowest BCUT2D eigenvalue weighted by Gasteiger charge is -2.09. The van der Waals surface area contributed by atoms with Crippen molar-refractivity contribution < 1.29 is 17.9 Å². The second-order valence-corrected chi connectivity index (χ2v) is 4.00. The summed E-state index contributed by atoms with van der Waals surface area (Å²) in [4.78, 5) is 7.93. The van der Waals surface area contributed by atoms with Gasteiger partial charge in [0.25, 0.3) is 0 Å². The molecule has 0 aliphatic heterocycles. The maximum Gasteiger partial charge on any atom is 0.416 e. The Morgan fingerprint density at radius 1 is 1.20 bits per heavy atom. The molecule has 2 aromatic rings. The van der Waals surface area contributed by atoms with Gasteiger partial charge in [-0.05, 0) is 17.7 Å². The van der Waals surface area contributed by atoms with Crippen LogP contribution >= 0.6 is 0 Å². The van der Waals surface area contributed by atoms with Crippen molar-refractivity contribution in [2.24, 2.45) is 0 Å². The first-order valence-corrected chi connectivity index (χ1v) is 5.75. The van der Waals surface area contributed by atoms with E-state index in [0.717, 1.165) is 12.1 Å². The van der Waals surface area contributed by atoms with Crippen LogP contribution in [0.2, 0.25) is 0 Å².